The molecule has 5 nitrogen and oxygen atoms in total. The summed E-state index contributed by atoms with van der Waals surface area (Å²) in [6.45, 7) is 6.97. The molecule has 1 saturated heterocycles. The topological polar surface area (TPSA) is 57.3 Å². The number of urea groups is 1. The van der Waals surface area contributed by atoms with Gasteiger partial charge in [0, 0.05) is 37.3 Å². The molecule has 1 aromatic carbocycles. The summed E-state index contributed by atoms with van der Waals surface area (Å²) in [5, 5.41) is 8.94. The van der Waals surface area contributed by atoms with Crippen LogP contribution in [-0.2, 0) is 6.54 Å². The van der Waals surface area contributed by atoms with Crippen molar-refractivity contribution in [3.63, 3.8) is 0 Å². The molecule has 2 amide bonds. The second kappa shape index (κ2) is 7.77. The van der Waals surface area contributed by atoms with Gasteiger partial charge in [-0.05, 0) is 18.4 Å². The van der Waals surface area contributed by atoms with Crippen molar-refractivity contribution in [2.24, 2.45) is 5.92 Å². The van der Waals surface area contributed by atoms with E-state index >= 15 is 0 Å². The first-order valence-electron chi connectivity index (χ1n) is 8.34. The number of carbonyl (C=O) groups excluding carboxylic acids is 1. The quantitative estimate of drug-likeness (QED) is 0.876. The number of benzene rings is 1. The SMILES string of the molecule is C[C@H](NC(=O)N[C@H]1CN(Cc2ccccc2)C[C@@H]1C)c1nccs1. The van der Waals surface area contributed by atoms with Gasteiger partial charge in [0.1, 0.15) is 5.01 Å². The summed E-state index contributed by atoms with van der Waals surface area (Å²) in [6.07, 6.45) is 1.76. The Bertz CT molecular complexity index is 646. The number of nitrogens with zero attached hydrogens (tertiary/aromatic N) is 2. The van der Waals surface area contributed by atoms with Crippen LogP contribution in [0.2, 0.25) is 0 Å². The Labute approximate surface area is 147 Å². The van der Waals surface area contributed by atoms with Crippen molar-refractivity contribution >= 4 is 17.4 Å². The molecule has 2 N–H and O–H groups in total. The van der Waals surface area contributed by atoms with Gasteiger partial charge in [-0.1, -0.05) is 37.3 Å². The fourth-order valence-electron chi connectivity index (χ4n) is 3.14. The highest BCUT2D eigenvalue weighted by Gasteiger charge is 2.30. The summed E-state index contributed by atoms with van der Waals surface area (Å²) >= 11 is 1.56. The molecule has 1 aliphatic heterocycles. The largest absolute Gasteiger partial charge is 0.334 e. The first kappa shape index (κ1) is 16.9. The number of likely N-dealkylation sites (tertiary alicyclic amines) is 1. The Morgan fingerprint density at radius 1 is 1.38 bits per heavy atom. The average Bonchev–Trinajstić information content (AvgIpc) is 3.19. The van der Waals surface area contributed by atoms with E-state index in [-0.39, 0.29) is 18.1 Å². The molecule has 1 aromatic heterocycles. The van der Waals surface area contributed by atoms with E-state index in [1.54, 1.807) is 17.5 Å². The minimum Gasteiger partial charge on any atom is -0.334 e. The molecule has 24 heavy (non-hydrogen) atoms. The Morgan fingerprint density at radius 3 is 2.88 bits per heavy atom. The monoisotopic (exact) mass is 344 g/mol. The third kappa shape index (κ3) is 4.33. The van der Waals surface area contributed by atoms with Crippen molar-refractivity contribution in [3.05, 3.63) is 52.5 Å². The van der Waals surface area contributed by atoms with E-state index in [4.69, 9.17) is 0 Å². The Kier molecular flexibility index (Phi) is 5.48. The molecule has 3 atom stereocenters. The highest BCUT2D eigenvalue weighted by atomic mass is 32.1. The lowest BCUT2D eigenvalue weighted by Gasteiger charge is -2.19. The van der Waals surface area contributed by atoms with E-state index < -0.39 is 0 Å². The molecule has 2 aromatic rings. The minimum atomic E-state index is -0.115. The Balaban J connectivity index is 1.49. The molecule has 128 valence electrons. The predicted molar refractivity (Wildman–Crippen MR) is 96.9 cm³/mol. The molecule has 0 saturated carbocycles. The second-order valence-electron chi connectivity index (χ2n) is 6.47. The van der Waals surface area contributed by atoms with Crippen LogP contribution in [0.15, 0.2) is 41.9 Å². The van der Waals surface area contributed by atoms with Crippen molar-refractivity contribution in [2.45, 2.75) is 32.5 Å². The van der Waals surface area contributed by atoms with Crippen LogP contribution in [0.4, 0.5) is 4.79 Å². The number of aromatic nitrogens is 1. The third-order valence-corrected chi connectivity index (χ3v) is 5.38. The molecule has 3 rings (SSSR count). The fraction of sp³-hybridized carbons (Fsp3) is 0.444. The number of hydrogen-bond donors (Lipinski definition) is 2. The van der Waals surface area contributed by atoms with Gasteiger partial charge in [-0.25, -0.2) is 9.78 Å². The molecule has 0 radical (unpaired) electrons. The standard InChI is InChI=1S/C18H24N4OS/c1-13-10-22(11-15-6-4-3-5-7-15)12-16(13)21-18(23)20-14(2)17-19-8-9-24-17/h3-9,13-14,16H,10-12H2,1-2H3,(H2,20,21,23)/t13-,14-,16-/m0/s1. The highest BCUT2D eigenvalue weighted by molar-refractivity contribution is 7.09. The molecule has 0 unspecified atom stereocenters. The van der Waals surface area contributed by atoms with Gasteiger partial charge >= 0.3 is 6.03 Å². The Morgan fingerprint density at radius 2 is 2.17 bits per heavy atom. The van der Waals surface area contributed by atoms with Gasteiger partial charge in [0.15, 0.2) is 0 Å². The summed E-state index contributed by atoms with van der Waals surface area (Å²) in [6, 6.07) is 10.5. The van der Waals surface area contributed by atoms with E-state index in [1.165, 1.54) is 5.56 Å². The van der Waals surface area contributed by atoms with Crippen LogP contribution >= 0.6 is 11.3 Å². The molecular formula is C18H24N4OS. The van der Waals surface area contributed by atoms with Gasteiger partial charge in [0.25, 0.3) is 0 Å². The smallest absolute Gasteiger partial charge is 0.315 e. The summed E-state index contributed by atoms with van der Waals surface area (Å²) in [5.74, 6) is 0.439. The summed E-state index contributed by atoms with van der Waals surface area (Å²) in [4.78, 5) is 18.9. The first-order valence-corrected chi connectivity index (χ1v) is 9.22. The van der Waals surface area contributed by atoms with Crippen molar-refractivity contribution in [2.75, 3.05) is 13.1 Å². The number of rotatable bonds is 5. The van der Waals surface area contributed by atoms with Crippen LogP contribution in [0.5, 0.6) is 0 Å². The highest BCUT2D eigenvalue weighted by Crippen LogP contribution is 2.19. The van der Waals surface area contributed by atoms with Crippen LogP contribution in [0, 0.1) is 5.92 Å². The maximum absolute atomic E-state index is 12.3. The van der Waals surface area contributed by atoms with Crippen molar-refractivity contribution < 1.29 is 4.79 Å². The summed E-state index contributed by atoms with van der Waals surface area (Å²) in [7, 11) is 0. The van der Waals surface area contributed by atoms with Crippen molar-refractivity contribution in [3.8, 4) is 0 Å². The van der Waals surface area contributed by atoms with E-state index in [0.717, 1.165) is 24.6 Å². The lowest BCUT2D eigenvalue weighted by molar-refractivity contribution is 0.231. The molecule has 1 aliphatic rings. The van der Waals surface area contributed by atoms with Gasteiger partial charge in [-0.2, -0.15) is 0 Å². The van der Waals surface area contributed by atoms with E-state index in [2.05, 4.69) is 51.7 Å². The van der Waals surface area contributed by atoms with Crippen molar-refractivity contribution in [1.29, 1.82) is 0 Å². The first-order chi connectivity index (χ1) is 11.6. The van der Waals surface area contributed by atoms with Gasteiger partial charge in [-0.3, -0.25) is 4.90 Å². The van der Waals surface area contributed by atoms with E-state index in [9.17, 15) is 4.79 Å². The molecule has 0 bridgehead atoms. The second-order valence-corrected chi connectivity index (χ2v) is 7.40. The minimum absolute atomic E-state index is 0.0675. The molecule has 6 heteroatoms. The zero-order valence-corrected chi connectivity index (χ0v) is 14.9. The molecule has 0 aliphatic carbocycles. The van der Waals surface area contributed by atoms with Crippen LogP contribution < -0.4 is 10.6 Å². The van der Waals surface area contributed by atoms with Crippen LogP contribution in [0.25, 0.3) is 0 Å². The summed E-state index contributed by atoms with van der Waals surface area (Å²) in [5.41, 5.74) is 1.31. The summed E-state index contributed by atoms with van der Waals surface area (Å²) < 4.78 is 0. The average molecular weight is 344 g/mol. The molecule has 2 heterocycles. The number of hydrogen-bond acceptors (Lipinski definition) is 4. The number of nitrogens with one attached hydrogen (secondary N) is 2. The van der Waals surface area contributed by atoms with Gasteiger partial charge in [0.2, 0.25) is 0 Å². The van der Waals surface area contributed by atoms with Crippen LogP contribution in [-0.4, -0.2) is 35.0 Å². The fourth-order valence-corrected chi connectivity index (χ4v) is 3.79. The zero-order chi connectivity index (χ0) is 16.9. The maximum atomic E-state index is 12.3. The normalized spacial score (nSPS) is 22.2. The van der Waals surface area contributed by atoms with Gasteiger partial charge < -0.3 is 10.6 Å². The van der Waals surface area contributed by atoms with Crippen LogP contribution in [0.1, 0.15) is 30.5 Å². The predicted octanol–water partition coefficient (Wildman–Crippen LogP) is 3.02. The Hall–Kier alpha value is -1.92. The lowest BCUT2D eigenvalue weighted by atomic mass is 10.1. The molecule has 1 fully saturated rings. The molecule has 0 spiro atoms. The maximum Gasteiger partial charge on any atom is 0.315 e. The third-order valence-electron chi connectivity index (χ3n) is 4.42. The number of thiazole rings is 1. The van der Waals surface area contributed by atoms with Crippen LogP contribution in [0.3, 0.4) is 0 Å². The van der Waals surface area contributed by atoms with E-state index in [1.807, 2.05) is 18.4 Å². The molecular weight excluding hydrogens is 320 g/mol. The van der Waals surface area contributed by atoms with Gasteiger partial charge in [-0.15, -0.1) is 11.3 Å². The zero-order valence-electron chi connectivity index (χ0n) is 14.1. The number of carbonyl (C=O) groups is 1. The van der Waals surface area contributed by atoms with Gasteiger partial charge in [0.05, 0.1) is 6.04 Å². The number of amides is 2. The lowest BCUT2D eigenvalue weighted by Crippen LogP contribution is -2.46. The van der Waals surface area contributed by atoms with E-state index in [0.29, 0.717) is 5.92 Å². The van der Waals surface area contributed by atoms with Crippen molar-refractivity contribution in [1.82, 2.24) is 20.5 Å².